The Labute approximate surface area is 143 Å². The first-order valence-electron chi connectivity index (χ1n) is 7.14. The smallest absolute Gasteiger partial charge is 0.214 e. The Kier molecular flexibility index (Phi) is 8.02. The molecule has 1 aliphatic carbocycles. The first-order valence-corrected chi connectivity index (χ1v) is 7.14. The number of aromatic nitrogens is 1. The fourth-order valence-corrected chi connectivity index (χ4v) is 1.77. The Hall–Kier alpha value is -0.830. The van der Waals surface area contributed by atoms with Gasteiger partial charge in [-0.2, -0.15) is 0 Å². The summed E-state index contributed by atoms with van der Waals surface area (Å²) in [6, 6.07) is 0. The van der Waals surface area contributed by atoms with Crippen LogP contribution in [0.2, 0.25) is 0 Å². The van der Waals surface area contributed by atoms with Gasteiger partial charge in [0.1, 0.15) is 5.76 Å². The maximum absolute atomic E-state index is 5.56. The number of halogens is 1. The molecule has 1 aliphatic rings. The van der Waals surface area contributed by atoms with Crippen molar-refractivity contribution in [2.45, 2.75) is 33.2 Å². The summed E-state index contributed by atoms with van der Waals surface area (Å²) >= 11 is 0. The summed E-state index contributed by atoms with van der Waals surface area (Å²) in [5, 5.41) is 6.37. The highest BCUT2D eigenvalue weighted by Crippen LogP contribution is 2.28. The second-order valence-electron chi connectivity index (χ2n) is 5.12. The second kappa shape index (κ2) is 9.24. The largest absolute Gasteiger partial charge is 0.444 e. The van der Waals surface area contributed by atoms with Gasteiger partial charge in [-0.05, 0) is 32.6 Å². The number of ether oxygens (including phenoxy) is 1. The van der Waals surface area contributed by atoms with Crippen molar-refractivity contribution in [3.8, 4) is 0 Å². The second-order valence-corrected chi connectivity index (χ2v) is 5.12. The summed E-state index contributed by atoms with van der Waals surface area (Å²) in [4.78, 5) is 8.46. The number of hydrogen-bond acceptors (Lipinski definition) is 4. The van der Waals surface area contributed by atoms with Gasteiger partial charge < -0.3 is 19.8 Å². The third-order valence-corrected chi connectivity index (χ3v) is 3.29. The Morgan fingerprint density at radius 3 is 2.71 bits per heavy atom. The van der Waals surface area contributed by atoms with Gasteiger partial charge in [0.2, 0.25) is 5.89 Å². The van der Waals surface area contributed by atoms with Gasteiger partial charge in [0, 0.05) is 20.2 Å². The molecular formula is C14H25IN4O2. The maximum Gasteiger partial charge on any atom is 0.214 e. The summed E-state index contributed by atoms with van der Waals surface area (Å²) in [5.74, 6) is 3.07. The zero-order valence-corrected chi connectivity index (χ0v) is 15.3. The number of aliphatic imine (C=N–C) groups is 1. The van der Waals surface area contributed by atoms with Gasteiger partial charge in [0.05, 0.1) is 18.8 Å². The molecule has 0 bridgehead atoms. The molecule has 0 spiro atoms. The number of aryl methyl sites for hydroxylation is 2. The lowest BCUT2D eigenvalue weighted by atomic mass is 10.4. The van der Waals surface area contributed by atoms with Crippen molar-refractivity contribution in [1.82, 2.24) is 15.6 Å². The lowest BCUT2D eigenvalue weighted by molar-refractivity contribution is 0.129. The van der Waals surface area contributed by atoms with Crippen LogP contribution in [0.4, 0.5) is 0 Å². The molecule has 7 heteroatoms. The molecule has 1 fully saturated rings. The van der Waals surface area contributed by atoms with E-state index in [0.717, 1.165) is 36.5 Å². The third kappa shape index (κ3) is 6.64. The zero-order valence-electron chi connectivity index (χ0n) is 12.9. The molecule has 0 aromatic carbocycles. The molecule has 2 rings (SSSR count). The van der Waals surface area contributed by atoms with Crippen LogP contribution >= 0.6 is 24.0 Å². The number of nitrogens with one attached hydrogen (secondary N) is 2. The Balaban J connectivity index is 0.00000220. The lowest BCUT2D eigenvalue weighted by Crippen LogP contribution is -2.38. The average Bonchev–Trinajstić information content (AvgIpc) is 3.20. The van der Waals surface area contributed by atoms with Crippen molar-refractivity contribution >= 4 is 29.9 Å². The van der Waals surface area contributed by atoms with Crippen molar-refractivity contribution < 1.29 is 9.15 Å². The quantitative estimate of drug-likeness (QED) is 0.313. The highest BCUT2D eigenvalue weighted by molar-refractivity contribution is 14.0. The van der Waals surface area contributed by atoms with Crippen molar-refractivity contribution in [2.24, 2.45) is 10.9 Å². The summed E-state index contributed by atoms with van der Waals surface area (Å²) in [7, 11) is 1.74. The number of nitrogens with zero attached hydrogens (tertiary/aromatic N) is 2. The zero-order chi connectivity index (χ0) is 14.4. The minimum Gasteiger partial charge on any atom is -0.444 e. The van der Waals surface area contributed by atoms with E-state index >= 15 is 0 Å². The molecule has 1 aromatic rings. The topological polar surface area (TPSA) is 71.7 Å². The van der Waals surface area contributed by atoms with Gasteiger partial charge in [-0.25, -0.2) is 4.98 Å². The van der Waals surface area contributed by atoms with Crippen molar-refractivity contribution in [3.63, 3.8) is 0 Å². The minimum absolute atomic E-state index is 0. The Morgan fingerprint density at radius 1 is 1.38 bits per heavy atom. The van der Waals surface area contributed by atoms with Crippen LogP contribution in [-0.2, 0) is 11.3 Å². The predicted molar refractivity (Wildman–Crippen MR) is 93.1 cm³/mol. The fourth-order valence-electron chi connectivity index (χ4n) is 1.77. The monoisotopic (exact) mass is 408 g/mol. The van der Waals surface area contributed by atoms with E-state index in [1.807, 2.05) is 13.8 Å². The average molecular weight is 408 g/mol. The number of oxazole rings is 1. The molecule has 0 amide bonds. The molecular weight excluding hydrogens is 383 g/mol. The van der Waals surface area contributed by atoms with Gasteiger partial charge in [0.15, 0.2) is 5.96 Å². The summed E-state index contributed by atoms with van der Waals surface area (Å²) in [5.41, 5.74) is 0.929. The molecule has 0 aliphatic heterocycles. The summed E-state index contributed by atoms with van der Waals surface area (Å²) in [6.45, 7) is 6.72. The Bertz CT molecular complexity index is 438. The first kappa shape index (κ1) is 18.2. The van der Waals surface area contributed by atoms with Crippen LogP contribution in [0.15, 0.2) is 9.41 Å². The molecule has 21 heavy (non-hydrogen) atoms. The molecule has 1 aromatic heterocycles. The lowest BCUT2D eigenvalue weighted by Gasteiger charge is -2.10. The summed E-state index contributed by atoms with van der Waals surface area (Å²) in [6.07, 6.45) is 2.65. The molecule has 120 valence electrons. The van der Waals surface area contributed by atoms with Gasteiger partial charge in [-0.1, -0.05) is 0 Å². The van der Waals surface area contributed by atoms with E-state index in [9.17, 15) is 0 Å². The predicted octanol–water partition coefficient (Wildman–Crippen LogP) is 2.00. The van der Waals surface area contributed by atoms with E-state index in [4.69, 9.17) is 9.15 Å². The van der Waals surface area contributed by atoms with Gasteiger partial charge in [-0.15, -0.1) is 24.0 Å². The SMILES string of the molecule is CN=C(NCCOCC1CC1)NCc1nc(C)c(C)o1.I. The van der Waals surface area contributed by atoms with Crippen LogP contribution in [0.5, 0.6) is 0 Å². The Morgan fingerprint density at radius 2 is 2.14 bits per heavy atom. The highest BCUT2D eigenvalue weighted by Gasteiger charge is 2.20. The highest BCUT2D eigenvalue weighted by atomic mass is 127. The maximum atomic E-state index is 5.56. The fraction of sp³-hybridized carbons (Fsp3) is 0.714. The van der Waals surface area contributed by atoms with Crippen LogP contribution in [0, 0.1) is 19.8 Å². The van der Waals surface area contributed by atoms with Crippen LogP contribution in [-0.4, -0.2) is 37.7 Å². The number of hydrogen-bond donors (Lipinski definition) is 2. The first-order chi connectivity index (χ1) is 9.69. The number of guanidine groups is 1. The van der Waals surface area contributed by atoms with Gasteiger partial charge in [0.25, 0.3) is 0 Å². The number of rotatable bonds is 7. The molecule has 0 unspecified atom stereocenters. The van der Waals surface area contributed by atoms with Crippen LogP contribution in [0.1, 0.15) is 30.2 Å². The molecule has 2 N–H and O–H groups in total. The van der Waals surface area contributed by atoms with Crippen molar-refractivity contribution in [1.29, 1.82) is 0 Å². The molecule has 1 heterocycles. The van der Waals surface area contributed by atoms with Crippen molar-refractivity contribution in [3.05, 3.63) is 17.3 Å². The van der Waals surface area contributed by atoms with Gasteiger partial charge in [-0.3, -0.25) is 4.99 Å². The summed E-state index contributed by atoms with van der Waals surface area (Å²) < 4.78 is 11.1. The normalized spacial score (nSPS) is 14.7. The van der Waals surface area contributed by atoms with Crippen LogP contribution in [0.3, 0.4) is 0 Å². The molecule has 0 radical (unpaired) electrons. The van der Waals surface area contributed by atoms with Crippen LogP contribution in [0.25, 0.3) is 0 Å². The molecule has 6 nitrogen and oxygen atoms in total. The molecule has 1 saturated carbocycles. The van der Waals surface area contributed by atoms with E-state index in [1.165, 1.54) is 12.8 Å². The van der Waals surface area contributed by atoms with E-state index in [0.29, 0.717) is 19.0 Å². The minimum atomic E-state index is 0. The standard InChI is InChI=1S/C14H24N4O2.HI/c1-10-11(2)20-13(18-10)8-17-14(15-3)16-6-7-19-9-12-4-5-12;/h12H,4-9H2,1-3H3,(H2,15,16,17);1H. The van der Waals surface area contributed by atoms with E-state index < -0.39 is 0 Å². The van der Waals surface area contributed by atoms with E-state index in [-0.39, 0.29) is 24.0 Å². The van der Waals surface area contributed by atoms with E-state index in [1.54, 1.807) is 7.05 Å². The van der Waals surface area contributed by atoms with E-state index in [2.05, 4.69) is 20.6 Å². The van der Waals surface area contributed by atoms with Crippen LogP contribution < -0.4 is 10.6 Å². The van der Waals surface area contributed by atoms with Crippen molar-refractivity contribution in [2.75, 3.05) is 26.8 Å². The molecule has 0 saturated heterocycles. The van der Waals surface area contributed by atoms with Gasteiger partial charge >= 0.3 is 0 Å². The molecule has 0 atom stereocenters. The third-order valence-electron chi connectivity index (χ3n) is 3.29.